The molecule has 0 radical (unpaired) electrons. The monoisotopic (exact) mass is 165 g/mol. The number of nitrogens with two attached hydrogens (primary N) is 1. The molecule has 0 aliphatic carbocycles. The lowest BCUT2D eigenvalue weighted by atomic mass is 10.3. The molecule has 0 heterocycles. The van der Waals surface area contributed by atoms with Crippen molar-refractivity contribution < 1.29 is 14.5 Å². The minimum absolute atomic E-state index is 0.136. The molecule has 0 aromatic carbocycles. The molecule has 0 aromatic rings. The molecular weight excluding hydrogens is 154 g/mol. The van der Waals surface area contributed by atoms with Gasteiger partial charge in [-0.1, -0.05) is 0 Å². The SMILES string of the molecule is N[S+]([O-])CCCCC(=O)O. The van der Waals surface area contributed by atoms with Gasteiger partial charge in [-0.05, 0) is 12.8 Å². The van der Waals surface area contributed by atoms with E-state index >= 15 is 0 Å². The first kappa shape index (κ1) is 9.74. The molecule has 4 nitrogen and oxygen atoms in total. The zero-order valence-corrected chi connectivity index (χ0v) is 6.39. The first-order chi connectivity index (χ1) is 4.63. The van der Waals surface area contributed by atoms with Crippen molar-refractivity contribution in [3.05, 3.63) is 0 Å². The first-order valence-corrected chi connectivity index (χ1v) is 4.35. The maximum absolute atomic E-state index is 10.2. The second-order valence-electron chi connectivity index (χ2n) is 1.94. The normalized spacial score (nSPS) is 13.0. The van der Waals surface area contributed by atoms with E-state index in [9.17, 15) is 9.35 Å². The number of carboxylic acids is 1. The second kappa shape index (κ2) is 5.52. The van der Waals surface area contributed by atoms with Crippen molar-refractivity contribution in [2.75, 3.05) is 5.75 Å². The highest BCUT2D eigenvalue weighted by molar-refractivity contribution is 7.89. The second-order valence-corrected chi connectivity index (χ2v) is 3.11. The van der Waals surface area contributed by atoms with Crippen molar-refractivity contribution in [2.45, 2.75) is 19.3 Å². The van der Waals surface area contributed by atoms with Gasteiger partial charge in [0.25, 0.3) is 0 Å². The summed E-state index contributed by atoms with van der Waals surface area (Å²) in [6, 6.07) is 0. The summed E-state index contributed by atoms with van der Waals surface area (Å²) in [5.74, 6) is -0.421. The average Bonchev–Trinajstić information content (AvgIpc) is 1.79. The maximum atomic E-state index is 10.2. The summed E-state index contributed by atoms with van der Waals surface area (Å²) in [7, 11) is 0. The van der Waals surface area contributed by atoms with Crippen molar-refractivity contribution in [3.63, 3.8) is 0 Å². The van der Waals surface area contributed by atoms with Crippen LogP contribution in [0.3, 0.4) is 0 Å². The van der Waals surface area contributed by atoms with Gasteiger partial charge in [0, 0.05) is 17.8 Å². The molecule has 0 aromatic heterocycles. The number of aliphatic carboxylic acids is 1. The Hall–Kier alpha value is -0.260. The summed E-state index contributed by atoms with van der Waals surface area (Å²) < 4.78 is 10.2. The Morgan fingerprint density at radius 1 is 1.60 bits per heavy atom. The Labute approximate surface area is 62.7 Å². The summed E-state index contributed by atoms with van der Waals surface area (Å²) >= 11 is -1.27. The molecule has 1 unspecified atom stereocenters. The molecule has 0 rings (SSSR count). The summed E-state index contributed by atoms with van der Waals surface area (Å²) in [5.41, 5.74) is 0. The largest absolute Gasteiger partial charge is 0.598 e. The van der Waals surface area contributed by atoms with E-state index in [1.54, 1.807) is 0 Å². The summed E-state index contributed by atoms with van der Waals surface area (Å²) in [6.45, 7) is 0. The Morgan fingerprint density at radius 2 is 2.20 bits per heavy atom. The summed E-state index contributed by atoms with van der Waals surface area (Å²) in [5, 5.41) is 13.1. The molecule has 0 spiro atoms. The number of hydrogen-bond donors (Lipinski definition) is 2. The third-order valence-electron chi connectivity index (χ3n) is 0.986. The van der Waals surface area contributed by atoms with E-state index in [1.165, 1.54) is 0 Å². The van der Waals surface area contributed by atoms with Gasteiger partial charge >= 0.3 is 5.97 Å². The van der Waals surface area contributed by atoms with Gasteiger partial charge in [0.15, 0.2) is 0 Å². The Morgan fingerprint density at radius 3 is 2.60 bits per heavy atom. The van der Waals surface area contributed by atoms with Crippen LogP contribution >= 0.6 is 0 Å². The first-order valence-electron chi connectivity index (χ1n) is 2.97. The van der Waals surface area contributed by atoms with E-state index in [2.05, 4.69) is 0 Å². The quantitative estimate of drug-likeness (QED) is 0.438. The van der Waals surface area contributed by atoms with E-state index in [-0.39, 0.29) is 6.42 Å². The number of carbonyl (C=O) groups is 1. The van der Waals surface area contributed by atoms with Crippen LogP contribution in [0.25, 0.3) is 0 Å². The third kappa shape index (κ3) is 7.74. The molecule has 0 saturated heterocycles. The lowest BCUT2D eigenvalue weighted by Gasteiger charge is -2.00. The number of unbranched alkanes of at least 4 members (excludes halogenated alkanes) is 1. The van der Waals surface area contributed by atoms with E-state index in [1.807, 2.05) is 0 Å². The van der Waals surface area contributed by atoms with E-state index in [0.29, 0.717) is 18.6 Å². The van der Waals surface area contributed by atoms with E-state index < -0.39 is 17.3 Å². The van der Waals surface area contributed by atoms with Crippen molar-refractivity contribution in [3.8, 4) is 0 Å². The minimum Gasteiger partial charge on any atom is -0.598 e. The van der Waals surface area contributed by atoms with Crippen LogP contribution in [0.15, 0.2) is 0 Å². The van der Waals surface area contributed by atoms with Gasteiger partial charge in [-0.25, -0.2) is 0 Å². The van der Waals surface area contributed by atoms with Crippen LogP contribution in [-0.2, 0) is 16.2 Å². The van der Waals surface area contributed by atoms with E-state index in [0.717, 1.165) is 0 Å². The molecule has 10 heavy (non-hydrogen) atoms. The topological polar surface area (TPSA) is 86.4 Å². The number of rotatable bonds is 5. The molecule has 1 atom stereocenters. The molecule has 0 aliphatic heterocycles. The lowest BCUT2D eigenvalue weighted by Crippen LogP contribution is -2.16. The molecule has 0 bridgehead atoms. The molecule has 0 amide bonds. The van der Waals surface area contributed by atoms with Crippen LogP contribution < -0.4 is 5.14 Å². The Bertz CT molecular complexity index is 107. The van der Waals surface area contributed by atoms with Crippen LogP contribution in [0.4, 0.5) is 0 Å². The van der Waals surface area contributed by atoms with Gasteiger partial charge in [-0.2, -0.15) is 5.14 Å². The molecule has 0 aliphatic rings. The Kier molecular flexibility index (Phi) is 5.38. The van der Waals surface area contributed by atoms with Crippen molar-refractivity contribution >= 4 is 17.3 Å². The average molecular weight is 165 g/mol. The van der Waals surface area contributed by atoms with Gasteiger partial charge in [-0.15, -0.1) is 0 Å². The fourth-order valence-electron chi connectivity index (χ4n) is 0.521. The predicted octanol–water partition coefficient (Wildman–Crippen LogP) is -0.136. The van der Waals surface area contributed by atoms with Crippen LogP contribution in [-0.4, -0.2) is 21.4 Å². The summed E-state index contributed by atoms with van der Waals surface area (Å²) in [4.78, 5) is 9.94. The number of hydrogen-bond acceptors (Lipinski definition) is 3. The highest BCUT2D eigenvalue weighted by atomic mass is 32.2. The van der Waals surface area contributed by atoms with Crippen molar-refractivity contribution in [1.82, 2.24) is 0 Å². The molecule has 0 fully saturated rings. The van der Waals surface area contributed by atoms with Crippen LogP contribution in [0, 0.1) is 0 Å². The smallest absolute Gasteiger partial charge is 0.303 e. The molecule has 3 N–H and O–H groups in total. The third-order valence-corrected chi connectivity index (χ3v) is 1.68. The standard InChI is InChI=1S/C5H11NO3S/c6-10(9)4-2-1-3-5(7)8/h1-4,6H2,(H,7,8). The number of carboxylic acid groups (broad SMARTS) is 1. The summed E-state index contributed by atoms with van der Waals surface area (Å²) in [6.07, 6.45) is 1.31. The zero-order chi connectivity index (χ0) is 7.98. The molecule has 60 valence electrons. The fraction of sp³-hybridized carbons (Fsp3) is 0.800. The Balaban J connectivity index is 2.98. The molecule has 5 heteroatoms. The lowest BCUT2D eigenvalue weighted by molar-refractivity contribution is -0.137. The van der Waals surface area contributed by atoms with Gasteiger partial charge in [0.2, 0.25) is 0 Å². The van der Waals surface area contributed by atoms with Gasteiger partial charge in [-0.3, -0.25) is 4.79 Å². The zero-order valence-electron chi connectivity index (χ0n) is 5.58. The van der Waals surface area contributed by atoms with Crippen LogP contribution in [0.1, 0.15) is 19.3 Å². The van der Waals surface area contributed by atoms with Crippen molar-refractivity contribution in [2.24, 2.45) is 5.14 Å². The van der Waals surface area contributed by atoms with Gasteiger partial charge in [0.1, 0.15) is 5.75 Å². The maximum Gasteiger partial charge on any atom is 0.303 e. The van der Waals surface area contributed by atoms with Crippen LogP contribution in [0.5, 0.6) is 0 Å². The van der Waals surface area contributed by atoms with Crippen LogP contribution in [0.2, 0.25) is 0 Å². The molecule has 0 saturated carbocycles. The highest BCUT2D eigenvalue weighted by Gasteiger charge is 2.00. The molecular formula is C5H11NO3S. The van der Waals surface area contributed by atoms with Crippen molar-refractivity contribution in [1.29, 1.82) is 0 Å². The fourth-order valence-corrected chi connectivity index (χ4v) is 1.01. The van der Waals surface area contributed by atoms with Gasteiger partial charge in [0.05, 0.1) is 0 Å². The predicted molar refractivity (Wildman–Crippen MR) is 38.7 cm³/mol. The van der Waals surface area contributed by atoms with E-state index in [4.69, 9.17) is 10.2 Å². The van der Waals surface area contributed by atoms with Gasteiger partial charge < -0.3 is 9.66 Å². The highest BCUT2D eigenvalue weighted by Crippen LogP contribution is 1.96. The minimum atomic E-state index is -1.27.